The van der Waals surface area contributed by atoms with Gasteiger partial charge in [0, 0.05) is 29.8 Å². The number of nitrogens with one attached hydrogen (secondary N) is 1. The molecule has 102 valence electrons. The van der Waals surface area contributed by atoms with Gasteiger partial charge in [0.05, 0.1) is 17.6 Å². The zero-order chi connectivity index (χ0) is 13.9. The normalized spacial score (nSPS) is 10.9. The second-order valence-electron chi connectivity index (χ2n) is 4.70. The molecule has 3 aromatic rings. The highest BCUT2D eigenvalue weighted by Gasteiger charge is 2.16. The number of rotatable bonds is 4. The number of fused-ring (bicyclic) bond motifs is 1. The fourth-order valence-corrected chi connectivity index (χ4v) is 2.46. The Bertz CT molecular complexity index is 720. The van der Waals surface area contributed by atoms with Crippen LogP contribution in [0.5, 0.6) is 0 Å². The first kappa shape index (κ1) is 12.7. The van der Waals surface area contributed by atoms with Gasteiger partial charge in [-0.15, -0.1) is 0 Å². The van der Waals surface area contributed by atoms with Crippen LogP contribution in [0.1, 0.15) is 13.3 Å². The average Bonchev–Trinajstić information content (AvgIpc) is 2.90. The molecule has 0 saturated heterocycles. The number of anilines is 2. The summed E-state index contributed by atoms with van der Waals surface area (Å²) in [4.78, 5) is 9.05. The maximum absolute atomic E-state index is 14.0. The molecule has 0 aliphatic rings. The molecule has 2 aromatic heterocycles. The molecule has 0 radical (unpaired) electrons. The molecule has 0 amide bonds. The lowest BCUT2D eigenvalue weighted by molar-refractivity contribution is 0.618. The second kappa shape index (κ2) is 5.33. The van der Waals surface area contributed by atoms with Crippen molar-refractivity contribution in [1.82, 2.24) is 9.97 Å². The molecular weight excluding hydrogens is 253 g/mol. The van der Waals surface area contributed by atoms with Crippen molar-refractivity contribution in [3.8, 4) is 0 Å². The van der Waals surface area contributed by atoms with E-state index in [-0.39, 0.29) is 5.82 Å². The number of halogens is 1. The van der Waals surface area contributed by atoms with E-state index in [1.54, 1.807) is 12.3 Å². The van der Waals surface area contributed by atoms with Crippen molar-refractivity contribution < 1.29 is 4.39 Å². The molecule has 0 saturated carbocycles. The zero-order valence-electron chi connectivity index (χ0n) is 11.3. The zero-order valence-corrected chi connectivity index (χ0v) is 11.3. The van der Waals surface area contributed by atoms with E-state index in [1.807, 2.05) is 35.4 Å². The standard InChI is InChI=1S/C16H16FN3/c1-2-9-20(15-7-8-18-10-13(15)17)16-11-19-14-6-4-3-5-12(14)16/h3-8,10-11,19H,2,9H2,1H3. The molecule has 3 nitrogen and oxygen atoms in total. The number of benzene rings is 1. The maximum atomic E-state index is 14.0. The first-order valence-corrected chi connectivity index (χ1v) is 6.74. The van der Waals surface area contributed by atoms with E-state index in [2.05, 4.69) is 16.9 Å². The van der Waals surface area contributed by atoms with Gasteiger partial charge in [-0.25, -0.2) is 4.39 Å². The second-order valence-corrected chi connectivity index (χ2v) is 4.70. The number of pyridine rings is 1. The Morgan fingerprint density at radius 1 is 1.20 bits per heavy atom. The quantitative estimate of drug-likeness (QED) is 0.767. The van der Waals surface area contributed by atoms with Crippen LogP contribution < -0.4 is 4.90 Å². The number of aromatic nitrogens is 2. The van der Waals surface area contributed by atoms with Gasteiger partial charge in [-0.3, -0.25) is 4.98 Å². The maximum Gasteiger partial charge on any atom is 0.165 e. The van der Waals surface area contributed by atoms with E-state index in [9.17, 15) is 4.39 Å². The van der Waals surface area contributed by atoms with Crippen molar-refractivity contribution in [3.63, 3.8) is 0 Å². The van der Waals surface area contributed by atoms with Gasteiger partial charge in [-0.05, 0) is 18.6 Å². The molecule has 1 aromatic carbocycles. The van der Waals surface area contributed by atoms with E-state index >= 15 is 0 Å². The summed E-state index contributed by atoms with van der Waals surface area (Å²) in [6.07, 6.45) is 5.74. The highest BCUT2D eigenvalue weighted by Crippen LogP contribution is 2.33. The molecule has 0 bridgehead atoms. The van der Waals surface area contributed by atoms with Crippen LogP contribution in [0.25, 0.3) is 10.9 Å². The Labute approximate surface area is 117 Å². The molecular formula is C16H16FN3. The van der Waals surface area contributed by atoms with E-state index in [0.717, 1.165) is 29.6 Å². The lowest BCUT2D eigenvalue weighted by Gasteiger charge is -2.24. The minimum atomic E-state index is -0.300. The summed E-state index contributed by atoms with van der Waals surface area (Å²) in [6.45, 7) is 2.84. The molecule has 0 aliphatic carbocycles. The highest BCUT2D eigenvalue weighted by atomic mass is 19.1. The minimum Gasteiger partial charge on any atom is -0.359 e. The first-order valence-electron chi connectivity index (χ1n) is 6.74. The van der Waals surface area contributed by atoms with Crippen LogP contribution in [0.2, 0.25) is 0 Å². The first-order chi connectivity index (χ1) is 9.81. The smallest absolute Gasteiger partial charge is 0.165 e. The third-order valence-corrected chi connectivity index (χ3v) is 3.35. The van der Waals surface area contributed by atoms with E-state index in [0.29, 0.717) is 5.69 Å². The number of para-hydroxylation sites is 1. The topological polar surface area (TPSA) is 31.9 Å². The number of hydrogen-bond acceptors (Lipinski definition) is 2. The number of H-pyrrole nitrogens is 1. The monoisotopic (exact) mass is 269 g/mol. The van der Waals surface area contributed by atoms with Gasteiger partial charge >= 0.3 is 0 Å². The van der Waals surface area contributed by atoms with Crippen LogP contribution in [0.3, 0.4) is 0 Å². The van der Waals surface area contributed by atoms with Crippen molar-refractivity contribution in [2.45, 2.75) is 13.3 Å². The van der Waals surface area contributed by atoms with E-state index in [4.69, 9.17) is 0 Å². The Hall–Kier alpha value is -2.36. The lowest BCUT2D eigenvalue weighted by Crippen LogP contribution is -2.18. The molecule has 0 spiro atoms. The predicted molar refractivity (Wildman–Crippen MR) is 79.8 cm³/mol. The van der Waals surface area contributed by atoms with Crippen LogP contribution >= 0.6 is 0 Å². The van der Waals surface area contributed by atoms with E-state index < -0.39 is 0 Å². The van der Waals surface area contributed by atoms with Crippen molar-refractivity contribution >= 4 is 22.3 Å². The summed E-state index contributed by atoms with van der Waals surface area (Å²) in [5.41, 5.74) is 2.61. The molecule has 0 fully saturated rings. The fourth-order valence-electron chi connectivity index (χ4n) is 2.46. The van der Waals surface area contributed by atoms with Gasteiger partial charge in [0.2, 0.25) is 0 Å². The average molecular weight is 269 g/mol. The summed E-state index contributed by atoms with van der Waals surface area (Å²) in [5, 5.41) is 1.09. The van der Waals surface area contributed by atoms with Gasteiger partial charge in [-0.2, -0.15) is 0 Å². The number of nitrogens with zero attached hydrogens (tertiary/aromatic N) is 2. The minimum absolute atomic E-state index is 0.300. The third kappa shape index (κ3) is 2.13. The Kier molecular flexibility index (Phi) is 3.37. The van der Waals surface area contributed by atoms with Crippen molar-refractivity contribution in [2.75, 3.05) is 11.4 Å². The molecule has 4 heteroatoms. The predicted octanol–water partition coefficient (Wildman–Crippen LogP) is 4.25. The van der Waals surface area contributed by atoms with Crippen molar-refractivity contribution in [2.24, 2.45) is 0 Å². The molecule has 3 rings (SSSR count). The van der Waals surface area contributed by atoms with Gasteiger partial charge in [0.1, 0.15) is 0 Å². The molecule has 0 unspecified atom stereocenters. The van der Waals surface area contributed by atoms with Crippen LogP contribution in [-0.4, -0.2) is 16.5 Å². The lowest BCUT2D eigenvalue weighted by atomic mass is 10.2. The third-order valence-electron chi connectivity index (χ3n) is 3.35. The van der Waals surface area contributed by atoms with Crippen LogP contribution in [0.15, 0.2) is 48.9 Å². The Morgan fingerprint density at radius 2 is 2.05 bits per heavy atom. The van der Waals surface area contributed by atoms with E-state index in [1.165, 1.54) is 6.20 Å². The molecule has 0 aliphatic heterocycles. The molecule has 2 heterocycles. The molecule has 20 heavy (non-hydrogen) atoms. The number of hydrogen-bond donors (Lipinski definition) is 1. The van der Waals surface area contributed by atoms with Crippen LogP contribution in [0.4, 0.5) is 15.8 Å². The largest absolute Gasteiger partial charge is 0.359 e. The summed E-state index contributed by atoms with van der Waals surface area (Å²) >= 11 is 0. The van der Waals surface area contributed by atoms with Crippen LogP contribution in [0, 0.1) is 5.82 Å². The summed E-state index contributed by atoms with van der Waals surface area (Å²) in [7, 11) is 0. The SMILES string of the molecule is CCCN(c1ccncc1F)c1c[nH]c2ccccc12. The van der Waals surface area contributed by atoms with Gasteiger partial charge in [0.25, 0.3) is 0 Å². The van der Waals surface area contributed by atoms with Gasteiger partial charge < -0.3 is 9.88 Å². The molecule has 1 N–H and O–H groups in total. The fraction of sp³-hybridized carbons (Fsp3) is 0.188. The highest BCUT2D eigenvalue weighted by molar-refractivity contribution is 5.94. The summed E-state index contributed by atoms with van der Waals surface area (Å²) in [5.74, 6) is -0.300. The van der Waals surface area contributed by atoms with Crippen molar-refractivity contribution in [1.29, 1.82) is 0 Å². The van der Waals surface area contributed by atoms with Gasteiger partial charge in [0.15, 0.2) is 5.82 Å². The van der Waals surface area contributed by atoms with Crippen LogP contribution in [-0.2, 0) is 0 Å². The Morgan fingerprint density at radius 3 is 2.85 bits per heavy atom. The van der Waals surface area contributed by atoms with Gasteiger partial charge in [-0.1, -0.05) is 25.1 Å². The van der Waals surface area contributed by atoms with Crippen molar-refractivity contribution in [3.05, 3.63) is 54.7 Å². The summed E-state index contributed by atoms with van der Waals surface area (Å²) < 4.78 is 14.0. The Balaban J connectivity index is 2.14. The number of aromatic amines is 1. The summed E-state index contributed by atoms with van der Waals surface area (Å²) in [6, 6.07) is 9.76. The molecule has 0 atom stereocenters.